The quantitative estimate of drug-likeness (QED) is 0.778. The molecule has 6 nitrogen and oxygen atoms in total. The highest BCUT2D eigenvalue weighted by molar-refractivity contribution is 5.73. The van der Waals surface area contributed by atoms with Crippen molar-refractivity contribution in [2.45, 2.75) is 19.0 Å². The van der Waals surface area contributed by atoms with Gasteiger partial charge in [0.25, 0.3) is 0 Å². The number of ether oxygens (including phenoxy) is 1. The lowest BCUT2D eigenvalue weighted by molar-refractivity contribution is -0.145. The first-order valence-corrected chi connectivity index (χ1v) is 8.09. The van der Waals surface area contributed by atoms with Crippen molar-refractivity contribution < 1.29 is 22.7 Å². The molecule has 0 unspecified atom stereocenters. The van der Waals surface area contributed by atoms with Crippen molar-refractivity contribution in [2.75, 3.05) is 25.1 Å². The average Bonchev–Trinajstić information content (AvgIpc) is 2.67. The summed E-state index contributed by atoms with van der Waals surface area (Å²) in [5, 5.41) is 0. The summed E-state index contributed by atoms with van der Waals surface area (Å²) in [6.45, 7) is 0.756. The number of carbonyl (C=O) groups excluding carboxylic acids is 1. The number of hydrogen-bond acceptors (Lipinski definition) is 6. The second-order valence-corrected chi connectivity index (χ2v) is 5.96. The Labute approximate surface area is 148 Å². The minimum Gasteiger partial charge on any atom is -0.469 e. The van der Waals surface area contributed by atoms with Crippen molar-refractivity contribution in [3.05, 3.63) is 36.2 Å². The highest BCUT2D eigenvalue weighted by atomic mass is 19.4. The summed E-state index contributed by atoms with van der Waals surface area (Å²) in [6.07, 6.45) is -1.86. The smallest absolute Gasteiger partial charge is 0.433 e. The molecule has 3 rings (SSSR count). The van der Waals surface area contributed by atoms with Crippen molar-refractivity contribution in [3.8, 4) is 11.5 Å². The average molecular weight is 366 g/mol. The summed E-state index contributed by atoms with van der Waals surface area (Å²) in [6, 6.07) is 5.77. The Hall–Kier alpha value is -2.71. The van der Waals surface area contributed by atoms with Gasteiger partial charge in [0, 0.05) is 25.4 Å². The van der Waals surface area contributed by atoms with Crippen LogP contribution in [0.1, 0.15) is 18.5 Å². The van der Waals surface area contributed by atoms with E-state index in [0.717, 1.165) is 6.07 Å². The number of methoxy groups -OCH3 is 1. The summed E-state index contributed by atoms with van der Waals surface area (Å²) < 4.78 is 44.6. The molecule has 1 atom stereocenters. The lowest BCUT2D eigenvalue weighted by Gasteiger charge is -2.32. The maximum atomic E-state index is 13.3. The third-order valence-electron chi connectivity index (χ3n) is 4.18. The maximum Gasteiger partial charge on any atom is 0.433 e. The lowest BCUT2D eigenvalue weighted by Crippen LogP contribution is -2.39. The van der Waals surface area contributed by atoms with Gasteiger partial charge in [-0.15, -0.1) is 0 Å². The van der Waals surface area contributed by atoms with Crippen LogP contribution in [-0.2, 0) is 15.7 Å². The first-order valence-electron chi connectivity index (χ1n) is 8.09. The molecule has 0 N–H and O–H groups in total. The van der Waals surface area contributed by atoms with Crippen LogP contribution in [0.4, 0.5) is 19.0 Å². The molecule has 1 aliphatic heterocycles. The number of anilines is 1. The van der Waals surface area contributed by atoms with Crippen molar-refractivity contribution in [2.24, 2.45) is 5.92 Å². The Morgan fingerprint density at radius 1 is 1.31 bits per heavy atom. The first kappa shape index (κ1) is 18.1. The van der Waals surface area contributed by atoms with Gasteiger partial charge in [-0.2, -0.15) is 13.2 Å². The van der Waals surface area contributed by atoms with E-state index in [9.17, 15) is 18.0 Å². The van der Waals surface area contributed by atoms with E-state index in [1.165, 1.54) is 13.3 Å². The van der Waals surface area contributed by atoms with Gasteiger partial charge in [-0.25, -0.2) is 9.97 Å². The normalized spacial score (nSPS) is 17.8. The van der Waals surface area contributed by atoms with Gasteiger partial charge in [0.15, 0.2) is 11.5 Å². The number of rotatable bonds is 3. The Morgan fingerprint density at radius 3 is 2.77 bits per heavy atom. The molecule has 2 aromatic rings. The molecule has 0 aromatic carbocycles. The minimum atomic E-state index is -4.61. The molecule has 0 saturated carbocycles. The van der Waals surface area contributed by atoms with Crippen LogP contribution in [0.5, 0.6) is 0 Å². The Kier molecular flexibility index (Phi) is 5.06. The van der Waals surface area contributed by atoms with Crippen LogP contribution in [0.2, 0.25) is 0 Å². The second kappa shape index (κ2) is 7.27. The molecule has 3 heterocycles. The van der Waals surface area contributed by atoms with E-state index in [1.807, 2.05) is 0 Å². The zero-order chi connectivity index (χ0) is 18.7. The number of carbonyl (C=O) groups is 1. The van der Waals surface area contributed by atoms with Crippen LogP contribution in [0.15, 0.2) is 30.5 Å². The molecular weight excluding hydrogens is 349 g/mol. The number of esters is 1. The fourth-order valence-corrected chi connectivity index (χ4v) is 2.90. The molecule has 2 aromatic heterocycles. The number of pyridine rings is 1. The zero-order valence-electron chi connectivity index (χ0n) is 14.0. The highest BCUT2D eigenvalue weighted by Crippen LogP contribution is 2.32. The van der Waals surface area contributed by atoms with Gasteiger partial charge in [-0.1, -0.05) is 6.07 Å². The van der Waals surface area contributed by atoms with E-state index in [0.29, 0.717) is 19.4 Å². The van der Waals surface area contributed by atoms with Gasteiger partial charge in [0.2, 0.25) is 0 Å². The Bertz CT molecular complexity index is 783. The number of alkyl halides is 3. The number of halogens is 3. The van der Waals surface area contributed by atoms with Gasteiger partial charge in [0.05, 0.1) is 13.0 Å². The third-order valence-corrected chi connectivity index (χ3v) is 4.18. The van der Waals surface area contributed by atoms with Gasteiger partial charge in [-0.3, -0.25) is 9.78 Å². The standard InChI is InChI=1S/C17H17F3N4O2/c1-26-16(25)11-5-4-8-24(10-11)14-9-13(17(18,19)20)22-15(23-14)12-6-2-3-7-21-12/h2-3,6-7,9,11H,4-5,8,10H2,1H3/t11-/m0/s1. The second-order valence-electron chi connectivity index (χ2n) is 5.96. The van der Waals surface area contributed by atoms with Crippen LogP contribution >= 0.6 is 0 Å². The molecule has 1 saturated heterocycles. The summed E-state index contributed by atoms with van der Waals surface area (Å²) in [5.74, 6) is -0.738. The van der Waals surface area contributed by atoms with Crippen LogP contribution in [-0.4, -0.2) is 41.1 Å². The molecule has 0 spiro atoms. The third kappa shape index (κ3) is 3.92. The summed E-state index contributed by atoms with van der Waals surface area (Å²) in [5.41, 5.74) is -0.787. The number of nitrogens with zero attached hydrogens (tertiary/aromatic N) is 4. The largest absolute Gasteiger partial charge is 0.469 e. The van der Waals surface area contributed by atoms with Crippen molar-refractivity contribution in [3.63, 3.8) is 0 Å². The van der Waals surface area contributed by atoms with Crippen molar-refractivity contribution in [1.29, 1.82) is 0 Å². The topological polar surface area (TPSA) is 68.2 Å². The van der Waals surface area contributed by atoms with Crippen LogP contribution in [0.25, 0.3) is 11.5 Å². The molecule has 9 heteroatoms. The fraction of sp³-hybridized carbons (Fsp3) is 0.412. The monoisotopic (exact) mass is 366 g/mol. The van der Waals surface area contributed by atoms with E-state index in [4.69, 9.17) is 4.74 Å². The SMILES string of the molecule is COC(=O)[C@H]1CCCN(c2cc(C(F)(F)F)nc(-c3ccccn3)n2)C1. The highest BCUT2D eigenvalue weighted by Gasteiger charge is 2.35. The Morgan fingerprint density at radius 2 is 2.12 bits per heavy atom. The van der Waals surface area contributed by atoms with E-state index in [2.05, 4.69) is 15.0 Å². The van der Waals surface area contributed by atoms with Crippen LogP contribution < -0.4 is 4.90 Å². The molecule has 1 aliphatic rings. The van der Waals surface area contributed by atoms with Crippen LogP contribution in [0.3, 0.4) is 0 Å². The molecule has 0 bridgehead atoms. The molecule has 0 aliphatic carbocycles. The summed E-state index contributed by atoms with van der Waals surface area (Å²) in [7, 11) is 1.30. The number of piperidine rings is 1. The fourth-order valence-electron chi connectivity index (χ4n) is 2.90. The molecule has 1 fully saturated rings. The van der Waals surface area contributed by atoms with Gasteiger partial charge >= 0.3 is 12.1 Å². The summed E-state index contributed by atoms with van der Waals surface area (Å²) >= 11 is 0. The number of hydrogen-bond donors (Lipinski definition) is 0. The van der Waals surface area contributed by atoms with Crippen LogP contribution in [0, 0.1) is 5.92 Å². The number of aromatic nitrogens is 3. The predicted molar refractivity (Wildman–Crippen MR) is 87.2 cm³/mol. The molecule has 26 heavy (non-hydrogen) atoms. The van der Waals surface area contributed by atoms with Gasteiger partial charge in [0.1, 0.15) is 11.5 Å². The zero-order valence-corrected chi connectivity index (χ0v) is 14.0. The Balaban J connectivity index is 1.99. The van der Waals surface area contributed by atoms with E-state index in [1.54, 1.807) is 23.1 Å². The van der Waals surface area contributed by atoms with Crippen molar-refractivity contribution >= 4 is 11.8 Å². The molecule has 0 amide bonds. The van der Waals surface area contributed by atoms with Gasteiger partial charge < -0.3 is 9.64 Å². The lowest BCUT2D eigenvalue weighted by atomic mass is 9.98. The summed E-state index contributed by atoms with van der Waals surface area (Å²) in [4.78, 5) is 25.4. The predicted octanol–water partition coefficient (Wildman–Crippen LogP) is 2.95. The van der Waals surface area contributed by atoms with E-state index in [-0.39, 0.29) is 29.9 Å². The van der Waals surface area contributed by atoms with E-state index < -0.39 is 17.8 Å². The maximum absolute atomic E-state index is 13.3. The molecule has 0 radical (unpaired) electrons. The molecular formula is C17H17F3N4O2. The minimum absolute atomic E-state index is 0.101. The van der Waals surface area contributed by atoms with E-state index >= 15 is 0 Å². The van der Waals surface area contributed by atoms with Crippen molar-refractivity contribution in [1.82, 2.24) is 15.0 Å². The first-order chi connectivity index (χ1) is 12.4. The molecule has 138 valence electrons. The van der Waals surface area contributed by atoms with Gasteiger partial charge in [-0.05, 0) is 25.0 Å².